The second-order valence-electron chi connectivity index (χ2n) is 34.9. The topological polar surface area (TPSA) is 494 Å². The fourth-order valence-corrected chi connectivity index (χ4v) is 14.8. The molecule has 12 heterocycles. The van der Waals surface area contributed by atoms with Crippen LogP contribution in [0.1, 0.15) is 291 Å². The summed E-state index contributed by atoms with van der Waals surface area (Å²) in [4.78, 5) is 99.9. The number of nitrogens with two attached hydrogens (primary N) is 6. The third kappa shape index (κ3) is 31.9. The monoisotopic (exact) mass is 1810 g/mol. The van der Waals surface area contributed by atoms with E-state index in [-0.39, 0.29) is 80.5 Å². The lowest BCUT2D eigenvalue weighted by Crippen LogP contribution is -2.36. The average Bonchev–Trinajstić information content (AvgIpc) is 0.770. The summed E-state index contributed by atoms with van der Waals surface area (Å²) in [5.74, 6) is 5.15. The van der Waals surface area contributed by atoms with Gasteiger partial charge in [-0.3, -0.25) is 15.0 Å². The molecule has 0 bridgehead atoms. The largest absolute Gasteiger partial charge is 0.368 e. The van der Waals surface area contributed by atoms with Crippen molar-refractivity contribution < 1.29 is 14.0 Å². The minimum absolute atomic E-state index is 0.00000520. The molecule has 0 aromatic carbocycles. The van der Waals surface area contributed by atoms with Gasteiger partial charge in [0.25, 0.3) is 0 Å². The van der Waals surface area contributed by atoms with E-state index in [0.717, 1.165) is 185 Å². The van der Waals surface area contributed by atoms with E-state index in [9.17, 15) is 14.0 Å². The van der Waals surface area contributed by atoms with Gasteiger partial charge in [0.15, 0.2) is 34.9 Å². The lowest BCUT2D eigenvalue weighted by Gasteiger charge is -2.31. The van der Waals surface area contributed by atoms with Crippen molar-refractivity contribution in [1.82, 2.24) is 89.7 Å². The molecule has 35 heteroatoms. The number of unbranched alkanes of at least 4 members (excludes halogenated alkanes) is 5. The summed E-state index contributed by atoms with van der Waals surface area (Å²) in [6, 6.07) is 14.2. The van der Waals surface area contributed by atoms with Gasteiger partial charge in [0.1, 0.15) is 50.5 Å². The number of ketones is 2. The quantitative estimate of drug-likeness (QED) is 0.0170. The molecule has 0 unspecified atom stereocenters. The molecule has 12 aromatic heterocycles. The fraction of sp³-hybridized carbons (Fsp3) is 0.532. The lowest BCUT2D eigenvalue weighted by atomic mass is 9.89. The van der Waals surface area contributed by atoms with Gasteiger partial charge < -0.3 is 75.9 Å². The summed E-state index contributed by atoms with van der Waals surface area (Å²) in [6.45, 7) is 39.9. The Bertz CT molecular complexity index is 5520. The standard InChI is InChI=1S/C18H27N5O.C17H24ClN5O.C15H22ClN5.C15H22FN5.C15H23N5.C14H21N5/c1-5-6-9-18(4,10-7-13(3)24)23-16-15-14(21-17(19)22-16)12(2)8-11-20-15;1-4-5-7-17(3,8-6-11(2)24)23-15-14-13(21-16(19)22-15)9-12(18)10-20-14;2*1-4-6-7-15(3,5-2)21-13-12-11(19-14(17)20-13)8-10(16)9-18-12;1-4-6-9-15(3,5-2)20-13-12-11(8-7-10-17-12)18-14(16)19-13;1-4-8-14(3,5-2)19-12-11-10(7-6-9-16-11)17-13(15)18-12/h8,11H,5-7,9-10H2,1-4H3,(H3,19,21,22,23);9-10H,4-8H2,1-3H3,(H3,19,21,22,23);2*8-9H,4-7H2,1-3H3,(H3,17,19,20,21);7-8,10H,4-6,9H2,1-3H3,(H3,16,18,19,20);6-7,9H,4-5,8H2,1-3H3,(H3,15,17,18,19)/t18-;17-;3*15-;14-/m001110/s1. The highest BCUT2D eigenvalue weighted by atomic mass is 35.5. The first-order valence-corrected chi connectivity index (χ1v) is 46.1. The van der Waals surface area contributed by atoms with Crippen LogP contribution in [0.15, 0.2) is 85.7 Å². The number of aryl methyl sites for hydroxylation is 1. The molecule has 12 rings (SSSR count). The second-order valence-corrected chi connectivity index (χ2v) is 35.8. The van der Waals surface area contributed by atoms with Crippen molar-refractivity contribution in [2.24, 2.45) is 0 Å². The van der Waals surface area contributed by atoms with E-state index in [1.807, 2.05) is 37.3 Å². The summed E-state index contributed by atoms with van der Waals surface area (Å²) >= 11 is 12.0. The Morgan fingerprint density at radius 1 is 0.326 bits per heavy atom. The Balaban J connectivity index is 0.000000212. The molecule has 6 atom stereocenters. The van der Waals surface area contributed by atoms with E-state index in [1.54, 1.807) is 57.0 Å². The van der Waals surface area contributed by atoms with Gasteiger partial charge in [-0.25, -0.2) is 49.2 Å². The molecule has 0 radical (unpaired) electrons. The van der Waals surface area contributed by atoms with Crippen molar-refractivity contribution in [1.29, 1.82) is 0 Å². The minimum Gasteiger partial charge on any atom is -0.368 e. The Kier molecular flexibility index (Phi) is 39.9. The first-order chi connectivity index (χ1) is 61.3. The number of nitrogens with zero attached hydrogens (tertiary/aromatic N) is 18. The maximum absolute atomic E-state index is 13.3. The molecule has 0 aliphatic heterocycles. The Labute approximate surface area is 769 Å². The molecule has 0 spiro atoms. The van der Waals surface area contributed by atoms with Crippen LogP contribution < -0.4 is 66.3 Å². The number of hydrogen-bond donors (Lipinski definition) is 12. The van der Waals surface area contributed by atoms with E-state index < -0.39 is 5.82 Å². The predicted molar refractivity (Wildman–Crippen MR) is 531 cm³/mol. The lowest BCUT2D eigenvalue weighted by molar-refractivity contribution is -0.118. The molecule has 18 N–H and O–H groups in total. The highest BCUT2D eigenvalue weighted by molar-refractivity contribution is 6.31. The molecule has 32 nitrogen and oxygen atoms in total. The molecule has 0 fully saturated rings. The van der Waals surface area contributed by atoms with Gasteiger partial charge in [0.05, 0.1) is 49.3 Å². The molecule has 0 aliphatic carbocycles. The minimum atomic E-state index is -0.434. The van der Waals surface area contributed by atoms with Gasteiger partial charge in [-0.15, -0.1) is 0 Å². The van der Waals surface area contributed by atoms with Gasteiger partial charge in [0.2, 0.25) is 35.7 Å². The number of carbonyl (C=O) groups excluding carboxylic acids is 2. The molecule has 0 aliphatic rings. The molecule has 0 saturated carbocycles. The van der Waals surface area contributed by atoms with Crippen molar-refractivity contribution in [2.45, 2.75) is 325 Å². The Hall–Kier alpha value is -11.6. The first kappa shape index (κ1) is 104. The van der Waals surface area contributed by atoms with Crippen LogP contribution in [0.5, 0.6) is 0 Å². The van der Waals surface area contributed by atoms with Crippen molar-refractivity contribution in [3.8, 4) is 0 Å². The van der Waals surface area contributed by atoms with E-state index in [4.69, 9.17) is 57.6 Å². The van der Waals surface area contributed by atoms with Crippen LogP contribution in [0, 0.1) is 12.7 Å². The summed E-state index contributed by atoms with van der Waals surface area (Å²) in [6.07, 6.45) is 34.6. The number of nitrogens with one attached hydrogen (secondary N) is 6. The van der Waals surface area contributed by atoms with Gasteiger partial charge in [-0.1, -0.05) is 163 Å². The summed E-state index contributed by atoms with van der Waals surface area (Å²) in [7, 11) is 0. The Morgan fingerprint density at radius 2 is 0.605 bits per heavy atom. The number of nitrogen functional groups attached to an aromatic ring is 6. The Morgan fingerprint density at radius 3 is 0.930 bits per heavy atom. The van der Waals surface area contributed by atoms with Crippen LogP contribution in [-0.4, -0.2) is 135 Å². The molecule has 0 saturated heterocycles. The molecule has 0 amide bonds. The molecule has 129 heavy (non-hydrogen) atoms. The SMILES string of the molecule is CCCC[C@@](C)(CC)Nc1nc(N)nc2cc(Cl)cnc12.CCCC[C@@](C)(CC)Nc1nc(N)nc2cc(F)cnc12.CCCC[C@@](C)(CC)Nc1nc(N)nc2cccnc12.CCCC[C@@](C)(CCC(C)=O)Nc1nc(N)nc2c(C)ccnc12.CCCC[C@@](C)(CCC(C)=O)Nc1nc(N)nc2cc(Cl)cnc12.CCC[C@](C)(CC)Nc1nc(N)nc2cccnc12. The predicted octanol–water partition coefficient (Wildman–Crippen LogP) is 21.5. The van der Waals surface area contributed by atoms with Crippen LogP contribution in [0.25, 0.3) is 66.2 Å². The van der Waals surface area contributed by atoms with E-state index in [2.05, 4.69) is 232 Å². The highest BCUT2D eigenvalue weighted by Crippen LogP contribution is 2.36. The molecular weight excluding hydrogens is 1670 g/mol. The molecule has 698 valence electrons. The number of carbonyl (C=O) groups is 2. The van der Waals surface area contributed by atoms with E-state index >= 15 is 0 Å². The number of pyridine rings is 6. The van der Waals surface area contributed by atoms with Crippen molar-refractivity contribution >= 4 is 172 Å². The van der Waals surface area contributed by atoms with E-state index in [0.29, 0.717) is 79.3 Å². The highest BCUT2D eigenvalue weighted by Gasteiger charge is 2.31. The van der Waals surface area contributed by atoms with Gasteiger partial charge in [0, 0.05) is 83.1 Å². The van der Waals surface area contributed by atoms with Gasteiger partial charge >= 0.3 is 0 Å². The smallest absolute Gasteiger partial charge is 0.222 e. The van der Waals surface area contributed by atoms with Crippen LogP contribution in [0.3, 0.4) is 0 Å². The number of aromatic nitrogens is 18. The third-order valence-electron chi connectivity index (χ3n) is 23.2. The number of halogens is 3. The van der Waals surface area contributed by atoms with Gasteiger partial charge in [-0.05, 0) is 187 Å². The van der Waals surface area contributed by atoms with Crippen LogP contribution >= 0.6 is 23.2 Å². The maximum Gasteiger partial charge on any atom is 0.222 e. The maximum atomic E-state index is 13.3. The zero-order chi connectivity index (χ0) is 94.9. The van der Waals surface area contributed by atoms with E-state index in [1.165, 1.54) is 25.1 Å². The van der Waals surface area contributed by atoms with Crippen molar-refractivity contribution in [2.75, 3.05) is 66.3 Å². The molecular formula is C94H139Cl2FN30O2. The average molecular weight is 1810 g/mol. The zero-order valence-electron chi connectivity index (χ0n) is 79.2. The summed E-state index contributed by atoms with van der Waals surface area (Å²) < 4.78 is 13.3. The molecule has 12 aromatic rings. The number of hydrogen-bond acceptors (Lipinski definition) is 32. The van der Waals surface area contributed by atoms with Crippen molar-refractivity contribution in [3.63, 3.8) is 0 Å². The summed E-state index contributed by atoms with van der Waals surface area (Å²) in [5.41, 5.74) is 43.3. The fourth-order valence-electron chi connectivity index (χ4n) is 14.5. The summed E-state index contributed by atoms with van der Waals surface area (Å²) in [5, 5.41) is 22.0. The van der Waals surface area contributed by atoms with Crippen LogP contribution in [-0.2, 0) is 9.59 Å². The van der Waals surface area contributed by atoms with Crippen LogP contribution in [0.4, 0.5) is 75.0 Å². The number of anilines is 12. The number of fused-ring (bicyclic) bond motifs is 6. The van der Waals surface area contributed by atoms with Gasteiger partial charge in [-0.2, -0.15) is 29.9 Å². The third-order valence-corrected chi connectivity index (χ3v) is 23.6. The second kappa shape index (κ2) is 49.2. The van der Waals surface area contributed by atoms with Crippen LogP contribution in [0.2, 0.25) is 10.0 Å². The van der Waals surface area contributed by atoms with Crippen molar-refractivity contribution in [3.05, 3.63) is 107 Å². The number of rotatable bonds is 39. The normalized spacial score (nSPS) is 14.0. The zero-order valence-corrected chi connectivity index (χ0v) is 80.7. The number of Topliss-reactive ketones (excluding diaryl/α,β-unsaturated/α-hetero) is 2. The first-order valence-electron chi connectivity index (χ1n) is 45.4.